The van der Waals surface area contributed by atoms with Gasteiger partial charge in [-0.05, 0) is 6.42 Å². The Hall–Kier alpha value is -2.57. The molecule has 162 valence electrons. The normalized spacial score (nSPS) is 20.5. The molecule has 0 unspecified atom stereocenters. The van der Waals surface area contributed by atoms with Crippen LogP contribution in [0.5, 0.6) is 0 Å². The number of rotatable bonds is 10. The molecule has 0 aliphatic carbocycles. The van der Waals surface area contributed by atoms with Crippen molar-refractivity contribution in [2.75, 3.05) is 52.6 Å². The van der Waals surface area contributed by atoms with Crippen LogP contribution in [-0.2, 0) is 28.7 Å². The van der Waals surface area contributed by atoms with E-state index < -0.39 is 18.0 Å². The lowest BCUT2D eigenvalue weighted by Gasteiger charge is -2.38. The summed E-state index contributed by atoms with van der Waals surface area (Å²) in [5.41, 5.74) is 0. The monoisotopic (exact) mass is 414 g/mol. The van der Waals surface area contributed by atoms with Crippen molar-refractivity contribution >= 4 is 29.7 Å². The minimum Gasteiger partial charge on any atom is -0.465 e. The van der Waals surface area contributed by atoms with E-state index in [1.165, 1.54) is 4.90 Å². The first-order valence-corrected chi connectivity index (χ1v) is 9.41. The number of carbonyl (C=O) groups excluding carboxylic acids is 4. The molecule has 12 heteroatoms. The van der Waals surface area contributed by atoms with E-state index in [1.54, 1.807) is 4.90 Å². The van der Waals surface area contributed by atoms with Crippen LogP contribution in [0.2, 0.25) is 0 Å². The fourth-order valence-electron chi connectivity index (χ4n) is 3.10. The van der Waals surface area contributed by atoms with Crippen LogP contribution in [0, 0.1) is 0 Å². The van der Waals surface area contributed by atoms with Crippen molar-refractivity contribution in [1.29, 1.82) is 0 Å². The van der Waals surface area contributed by atoms with Gasteiger partial charge in [-0.15, -0.1) is 0 Å². The molecule has 0 aromatic heterocycles. The van der Waals surface area contributed by atoms with Gasteiger partial charge in [-0.1, -0.05) is 0 Å². The van der Waals surface area contributed by atoms with Crippen LogP contribution in [-0.4, -0.2) is 103 Å². The number of carboxylic acid groups (broad SMARTS) is 1. The Labute approximate surface area is 167 Å². The van der Waals surface area contributed by atoms with E-state index in [9.17, 15) is 24.0 Å². The second kappa shape index (κ2) is 11.4. The van der Waals surface area contributed by atoms with Gasteiger partial charge in [-0.3, -0.25) is 34.3 Å². The van der Waals surface area contributed by atoms with Crippen molar-refractivity contribution in [3.63, 3.8) is 0 Å². The van der Waals surface area contributed by atoms with E-state index in [2.05, 4.69) is 10.6 Å². The molecule has 2 saturated heterocycles. The highest BCUT2D eigenvalue weighted by molar-refractivity contribution is 6.01. The Morgan fingerprint density at radius 2 is 1.83 bits per heavy atom. The SMILES string of the molecule is O=C(O)NCCOCCOCCC(=O)N1CCN([C@H]2CCC(=O)NC2=O)CC1=O. The van der Waals surface area contributed by atoms with Gasteiger partial charge in [0.15, 0.2) is 0 Å². The maximum Gasteiger partial charge on any atom is 0.404 e. The molecule has 0 saturated carbocycles. The van der Waals surface area contributed by atoms with Gasteiger partial charge in [0.25, 0.3) is 0 Å². The summed E-state index contributed by atoms with van der Waals surface area (Å²) in [7, 11) is 0. The average molecular weight is 414 g/mol. The second-order valence-corrected chi connectivity index (χ2v) is 6.58. The zero-order chi connectivity index (χ0) is 21.2. The molecule has 0 aromatic carbocycles. The zero-order valence-electron chi connectivity index (χ0n) is 16.1. The quantitative estimate of drug-likeness (QED) is 0.276. The molecular weight excluding hydrogens is 388 g/mol. The molecule has 3 N–H and O–H groups in total. The summed E-state index contributed by atoms with van der Waals surface area (Å²) in [4.78, 5) is 60.8. The van der Waals surface area contributed by atoms with Gasteiger partial charge >= 0.3 is 6.09 Å². The smallest absolute Gasteiger partial charge is 0.404 e. The summed E-state index contributed by atoms with van der Waals surface area (Å²) in [5, 5.41) is 12.8. The lowest BCUT2D eigenvalue weighted by atomic mass is 10.0. The number of piperidine rings is 1. The van der Waals surface area contributed by atoms with Crippen LogP contribution in [0.15, 0.2) is 0 Å². The molecule has 29 heavy (non-hydrogen) atoms. The van der Waals surface area contributed by atoms with Crippen LogP contribution in [0.4, 0.5) is 4.79 Å². The number of hydrogen-bond donors (Lipinski definition) is 3. The Morgan fingerprint density at radius 3 is 2.48 bits per heavy atom. The summed E-state index contributed by atoms with van der Waals surface area (Å²) in [6.45, 7) is 1.57. The number of nitrogens with zero attached hydrogens (tertiary/aromatic N) is 2. The molecule has 2 fully saturated rings. The van der Waals surface area contributed by atoms with Gasteiger partial charge in [0.1, 0.15) is 0 Å². The minimum absolute atomic E-state index is 0.0446. The number of ether oxygens (including phenoxy) is 2. The fourth-order valence-corrected chi connectivity index (χ4v) is 3.10. The lowest BCUT2D eigenvalue weighted by molar-refractivity contribution is -0.151. The van der Waals surface area contributed by atoms with Crippen molar-refractivity contribution < 1.29 is 38.6 Å². The third kappa shape index (κ3) is 7.40. The molecule has 2 aliphatic heterocycles. The molecule has 12 nitrogen and oxygen atoms in total. The van der Waals surface area contributed by atoms with Crippen LogP contribution in [0.25, 0.3) is 0 Å². The van der Waals surface area contributed by atoms with Crippen LogP contribution in [0.3, 0.4) is 0 Å². The summed E-state index contributed by atoms with van der Waals surface area (Å²) in [6.07, 6.45) is -0.462. The highest BCUT2D eigenvalue weighted by atomic mass is 16.5. The van der Waals surface area contributed by atoms with E-state index in [1.807, 2.05) is 0 Å². The maximum absolute atomic E-state index is 12.3. The van der Waals surface area contributed by atoms with Crippen molar-refractivity contribution in [3.05, 3.63) is 0 Å². The maximum atomic E-state index is 12.3. The van der Waals surface area contributed by atoms with E-state index in [-0.39, 0.29) is 76.6 Å². The second-order valence-electron chi connectivity index (χ2n) is 6.58. The van der Waals surface area contributed by atoms with Gasteiger partial charge in [-0.25, -0.2) is 4.79 Å². The van der Waals surface area contributed by atoms with Gasteiger partial charge in [-0.2, -0.15) is 0 Å². The number of carbonyl (C=O) groups is 5. The molecule has 2 heterocycles. The molecule has 2 rings (SSSR count). The van der Waals surface area contributed by atoms with E-state index in [0.29, 0.717) is 13.0 Å². The van der Waals surface area contributed by atoms with Crippen LogP contribution in [0.1, 0.15) is 19.3 Å². The molecule has 0 bridgehead atoms. The van der Waals surface area contributed by atoms with E-state index >= 15 is 0 Å². The molecule has 0 spiro atoms. The predicted molar refractivity (Wildman–Crippen MR) is 96.7 cm³/mol. The van der Waals surface area contributed by atoms with Gasteiger partial charge in [0.2, 0.25) is 23.6 Å². The highest BCUT2D eigenvalue weighted by Gasteiger charge is 2.37. The Morgan fingerprint density at radius 1 is 1.10 bits per heavy atom. The summed E-state index contributed by atoms with van der Waals surface area (Å²) < 4.78 is 10.4. The lowest BCUT2D eigenvalue weighted by Crippen LogP contribution is -2.60. The first-order chi connectivity index (χ1) is 13.9. The number of nitrogens with one attached hydrogen (secondary N) is 2. The van der Waals surface area contributed by atoms with E-state index in [4.69, 9.17) is 14.6 Å². The van der Waals surface area contributed by atoms with Crippen molar-refractivity contribution in [1.82, 2.24) is 20.4 Å². The molecule has 0 radical (unpaired) electrons. The number of hydrogen-bond acceptors (Lipinski definition) is 8. The van der Waals surface area contributed by atoms with E-state index in [0.717, 1.165) is 0 Å². The Balaban J connectivity index is 1.59. The van der Waals surface area contributed by atoms with Crippen molar-refractivity contribution in [2.24, 2.45) is 0 Å². The number of piperazine rings is 1. The molecule has 0 aromatic rings. The molecule has 1 atom stereocenters. The van der Waals surface area contributed by atoms with Gasteiger partial charge in [0.05, 0.1) is 45.4 Å². The zero-order valence-corrected chi connectivity index (χ0v) is 16.1. The van der Waals surface area contributed by atoms with Crippen LogP contribution >= 0.6 is 0 Å². The summed E-state index contributed by atoms with van der Waals surface area (Å²) in [6, 6.07) is -0.525. The largest absolute Gasteiger partial charge is 0.465 e. The number of imide groups is 2. The Bertz CT molecular complexity index is 641. The third-order valence-corrected chi connectivity index (χ3v) is 4.56. The fraction of sp³-hybridized carbons (Fsp3) is 0.706. The third-order valence-electron chi connectivity index (χ3n) is 4.56. The summed E-state index contributed by atoms with van der Waals surface area (Å²) >= 11 is 0. The standard InChI is InChI=1S/C17H26N4O8/c22-13-2-1-12(16(25)19-13)20-5-6-21(15(24)11-20)14(23)3-7-28-9-10-29-8-4-18-17(26)27/h12,18H,1-11H2,(H,26,27)(H,19,22,25)/t12-/m0/s1. The topological polar surface area (TPSA) is 155 Å². The summed E-state index contributed by atoms with van der Waals surface area (Å²) in [5.74, 6) is -1.43. The first kappa shape index (κ1) is 22.7. The molecule has 5 amide bonds. The van der Waals surface area contributed by atoms with Crippen molar-refractivity contribution in [3.8, 4) is 0 Å². The molecular formula is C17H26N4O8. The first-order valence-electron chi connectivity index (χ1n) is 9.41. The predicted octanol–water partition coefficient (Wildman–Crippen LogP) is -1.85. The Kier molecular flexibility index (Phi) is 8.96. The minimum atomic E-state index is -1.11. The van der Waals surface area contributed by atoms with Gasteiger partial charge in [0, 0.05) is 26.1 Å². The average Bonchev–Trinajstić information content (AvgIpc) is 2.66. The van der Waals surface area contributed by atoms with Crippen LogP contribution < -0.4 is 10.6 Å². The van der Waals surface area contributed by atoms with Gasteiger partial charge < -0.3 is 19.9 Å². The molecule has 2 aliphatic rings. The van der Waals surface area contributed by atoms with Crippen molar-refractivity contribution in [2.45, 2.75) is 25.3 Å². The highest BCUT2D eigenvalue weighted by Crippen LogP contribution is 2.16. The number of amides is 5.